The lowest BCUT2D eigenvalue weighted by atomic mass is 10.1. The Morgan fingerprint density at radius 1 is 1.28 bits per heavy atom. The van der Waals surface area contributed by atoms with Crippen molar-refractivity contribution in [3.63, 3.8) is 0 Å². The maximum atomic E-state index is 5.43. The zero-order valence-corrected chi connectivity index (χ0v) is 11.3. The van der Waals surface area contributed by atoms with E-state index in [-0.39, 0.29) is 0 Å². The van der Waals surface area contributed by atoms with E-state index in [0.29, 0.717) is 6.04 Å². The first-order valence-electron chi connectivity index (χ1n) is 6.33. The summed E-state index contributed by atoms with van der Waals surface area (Å²) in [5.41, 5.74) is 1.12. The Morgan fingerprint density at radius 3 is 2.50 bits per heavy atom. The Hall–Kier alpha value is -1.26. The number of nitrogens with zero attached hydrogens (tertiary/aromatic N) is 2. The van der Waals surface area contributed by atoms with Crippen LogP contribution in [-0.2, 0) is 6.54 Å². The predicted molar refractivity (Wildman–Crippen MR) is 71.3 cm³/mol. The molecule has 1 heterocycles. The predicted octanol–water partition coefficient (Wildman–Crippen LogP) is 1.51. The van der Waals surface area contributed by atoms with E-state index in [4.69, 9.17) is 9.47 Å². The minimum Gasteiger partial charge on any atom is -0.496 e. The number of methoxy groups -OCH3 is 2. The Bertz CT molecular complexity index is 373. The van der Waals surface area contributed by atoms with Gasteiger partial charge in [0.05, 0.1) is 19.8 Å². The van der Waals surface area contributed by atoms with Crippen molar-refractivity contribution in [2.24, 2.45) is 0 Å². The lowest BCUT2D eigenvalue weighted by Crippen LogP contribution is -2.46. The quantitative estimate of drug-likeness (QED) is 0.811. The fourth-order valence-electron chi connectivity index (χ4n) is 2.33. The van der Waals surface area contributed by atoms with E-state index in [1.54, 1.807) is 14.2 Å². The standard InChI is InChI=1S/C14H21N2O2/c1-11-9-15-7-8-16(11)10-12-13(17-2)5-4-6-14(12)18-3/h4-6,11H,7-10H2,1-3H3. The van der Waals surface area contributed by atoms with Gasteiger partial charge in [0.2, 0.25) is 0 Å². The van der Waals surface area contributed by atoms with Crippen LogP contribution in [0.25, 0.3) is 0 Å². The summed E-state index contributed by atoms with van der Waals surface area (Å²) in [5, 5.41) is 4.43. The molecule has 1 radical (unpaired) electrons. The van der Waals surface area contributed by atoms with Gasteiger partial charge >= 0.3 is 0 Å². The molecular weight excluding hydrogens is 228 g/mol. The van der Waals surface area contributed by atoms with Crippen LogP contribution < -0.4 is 14.8 Å². The zero-order valence-electron chi connectivity index (χ0n) is 11.3. The average Bonchev–Trinajstić information content (AvgIpc) is 2.41. The molecule has 0 aliphatic carbocycles. The summed E-state index contributed by atoms with van der Waals surface area (Å²) < 4.78 is 10.9. The van der Waals surface area contributed by atoms with Gasteiger partial charge in [-0.2, -0.15) is 0 Å². The molecule has 1 atom stereocenters. The minimum atomic E-state index is 0.480. The molecule has 99 valence electrons. The Labute approximate surface area is 109 Å². The maximum Gasteiger partial charge on any atom is 0.127 e. The molecule has 1 saturated heterocycles. The van der Waals surface area contributed by atoms with Crippen LogP contribution in [0.15, 0.2) is 18.2 Å². The van der Waals surface area contributed by atoms with E-state index < -0.39 is 0 Å². The van der Waals surface area contributed by atoms with E-state index in [0.717, 1.165) is 43.2 Å². The molecular formula is C14H21N2O2. The van der Waals surface area contributed by atoms with Crippen LogP contribution in [0.2, 0.25) is 0 Å². The molecule has 1 aromatic carbocycles. The van der Waals surface area contributed by atoms with E-state index in [9.17, 15) is 0 Å². The van der Waals surface area contributed by atoms with Gasteiger partial charge in [-0.05, 0) is 19.1 Å². The van der Waals surface area contributed by atoms with Crippen molar-refractivity contribution in [3.8, 4) is 11.5 Å². The van der Waals surface area contributed by atoms with Gasteiger partial charge in [0.25, 0.3) is 0 Å². The third-order valence-corrected chi connectivity index (χ3v) is 3.45. The molecule has 0 N–H and O–H groups in total. The minimum absolute atomic E-state index is 0.480. The summed E-state index contributed by atoms with van der Waals surface area (Å²) in [6.45, 7) is 5.90. The molecule has 18 heavy (non-hydrogen) atoms. The van der Waals surface area contributed by atoms with E-state index in [1.807, 2.05) is 18.2 Å². The highest BCUT2D eigenvalue weighted by Gasteiger charge is 2.21. The second kappa shape index (κ2) is 6.07. The van der Waals surface area contributed by atoms with Crippen molar-refractivity contribution < 1.29 is 9.47 Å². The van der Waals surface area contributed by atoms with E-state index in [1.165, 1.54) is 0 Å². The van der Waals surface area contributed by atoms with Crippen molar-refractivity contribution in [2.75, 3.05) is 33.9 Å². The summed E-state index contributed by atoms with van der Waals surface area (Å²) in [6, 6.07) is 6.40. The molecule has 4 nitrogen and oxygen atoms in total. The summed E-state index contributed by atoms with van der Waals surface area (Å²) in [5.74, 6) is 1.79. The van der Waals surface area contributed by atoms with Crippen LogP contribution in [0, 0.1) is 0 Å². The van der Waals surface area contributed by atoms with Crippen molar-refractivity contribution in [1.82, 2.24) is 10.2 Å². The second-order valence-corrected chi connectivity index (χ2v) is 4.59. The first kappa shape index (κ1) is 13.2. The van der Waals surface area contributed by atoms with Crippen molar-refractivity contribution >= 4 is 0 Å². The monoisotopic (exact) mass is 249 g/mol. The Morgan fingerprint density at radius 2 is 1.94 bits per heavy atom. The lowest BCUT2D eigenvalue weighted by Gasteiger charge is -2.33. The van der Waals surface area contributed by atoms with E-state index in [2.05, 4.69) is 17.1 Å². The Kier molecular flexibility index (Phi) is 4.44. The number of benzene rings is 1. The topological polar surface area (TPSA) is 35.8 Å². The smallest absolute Gasteiger partial charge is 0.127 e. The fourth-order valence-corrected chi connectivity index (χ4v) is 2.33. The molecule has 1 fully saturated rings. The lowest BCUT2D eigenvalue weighted by molar-refractivity contribution is 0.160. The van der Waals surface area contributed by atoms with Gasteiger partial charge in [-0.3, -0.25) is 4.90 Å². The molecule has 0 aromatic heterocycles. The molecule has 1 aromatic rings. The highest BCUT2D eigenvalue weighted by atomic mass is 16.5. The number of piperazine rings is 1. The van der Waals surface area contributed by atoms with Crippen LogP contribution in [0.3, 0.4) is 0 Å². The number of hydrogen-bond donors (Lipinski definition) is 0. The molecule has 0 saturated carbocycles. The summed E-state index contributed by atoms with van der Waals surface area (Å²) in [7, 11) is 3.40. The maximum absolute atomic E-state index is 5.43. The molecule has 0 spiro atoms. The van der Waals surface area contributed by atoms with Crippen LogP contribution in [0.5, 0.6) is 11.5 Å². The molecule has 0 bridgehead atoms. The van der Waals surface area contributed by atoms with Gasteiger partial charge < -0.3 is 9.47 Å². The van der Waals surface area contributed by atoms with E-state index >= 15 is 0 Å². The van der Waals surface area contributed by atoms with Gasteiger partial charge in [0, 0.05) is 32.2 Å². The first-order chi connectivity index (χ1) is 8.76. The zero-order chi connectivity index (χ0) is 13.0. The van der Waals surface area contributed by atoms with Crippen molar-refractivity contribution in [3.05, 3.63) is 23.8 Å². The highest BCUT2D eigenvalue weighted by molar-refractivity contribution is 5.44. The number of rotatable bonds is 4. The second-order valence-electron chi connectivity index (χ2n) is 4.59. The van der Waals surface area contributed by atoms with Gasteiger partial charge in [0.15, 0.2) is 0 Å². The van der Waals surface area contributed by atoms with Crippen molar-refractivity contribution in [1.29, 1.82) is 0 Å². The molecule has 0 amide bonds. The van der Waals surface area contributed by atoms with Crippen LogP contribution >= 0.6 is 0 Å². The van der Waals surface area contributed by atoms with Gasteiger partial charge in [-0.25, -0.2) is 5.32 Å². The van der Waals surface area contributed by atoms with Crippen LogP contribution in [0.1, 0.15) is 12.5 Å². The molecule has 2 rings (SSSR count). The highest BCUT2D eigenvalue weighted by Crippen LogP contribution is 2.30. The third kappa shape index (κ3) is 2.76. The number of ether oxygens (including phenoxy) is 2. The normalized spacial score (nSPS) is 20.7. The molecule has 1 aliphatic rings. The average molecular weight is 249 g/mol. The largest absolute Gasteiger partial charge is 0.496 e. The van der Waals surface area contributed by atoms with Gasteiger partial charge in [-0.1, -0.05) is 6.07 Å². The summed E-state index contributed by atoms with van der Waals surface area (Å²) in [6.07, 6.45) is 0. The molecule has 4 heteroatoms. The van der Waals surface area contributed by atoms with Crippen molar-refractivity contribution in [2.45, 2.75) is 19.5 Å². The summed E-state index contributed by atoms with van der Waals surface area (Å²) in [4.78, 5) is 2.42. The van der Waals surface area contributed by atoms with Crippen LogP contribution in [-0.4, -0.2) is 44.8 Å². The number of hydrogen-bond acceptors (Lipinski definition) is 3. The SMILES string of the molecule is COc1cccc(OC)c1CN1CC[N]CC1C. The summed E-state index contributed by atoms with van der Waals surface area (Å²) >= 11 is 0. The molecule has 1 aliphatic heterocycles. The van der Waals surface area contributed by atoms with Gasteiger partial charge in [0.1, 0.15) is 11.5 Å². The molecule has 1 unspecified atom stereocenters. The first-order valence-corrected chi connectivity index (χ1v) is 6.33. The van der Waals surface area contributed by atoms with Crippen LogP contribution in [0.4, 0.5) is 0 Å². The third-order valence-electron chi connectivity index (χ3n) is 3.45. The fraction of sp³-hybridized carbons (Fsp3) is 0.571. The van der Waals surface area contributed by atoms with Gasteiger partial charge in [-0.15, -0.1) is 0 Å². The Balaban J connectivity index is 2.21.